The van der Waals surface area contributed by atoms with Crippen molar-refractivity contribution in [1.29, 1.82) is 0 Å². The average Bonchev–Trinajstić information content (AvgIpc) is 2.75. The Morgan fingerprint density at radius 1 is 1.35 bits per heavy atom. The molecule has 2 aromatic rings. The number of anilines is 3. The molecule has 0 bridgehead atoms. The summed E-state index contributed by atoms with van der Waals surface area (Å²) in [5.41, 5.74) is 7.70. The summed E-state index contributed by atoms with van der Waals surface area (Å²) in [4.78, 5) is 8.53. The normalized spacial score (nSPS) is 10.8. The predicted molar refractivity (Wildman–Crippen MR) is 77.6 cm³/mol. The fraction of sp³-hybridized carbons (Fsp3) is 0.462. The minimum atomic E-state index is 0.351. The zero-order chi connectivity index (χ0) is 14.5. The quantitative estimate of drug-likeness (QED) is 0.833. The molecule has 0 aliphatic heterocycles. The fourth-order valence-corrected chi connectivity index (χ4v) is 1.88. The first-order chi connectivity index (χ1) is 9.62. The highest BCUT2D eigenvalue weighted by Gasteiger charge is 2.08. The molecule has 0 fully saturated rings. The van der Waals surface area contributed by atoms with Gasteiger partial charge in [0.25, 0.3) is 0 Å². The first-order valence-electron chi connectivity index (χ1n) is 6.63. The lowest BCUT2D eigenvalue weighted by Crippen LogP contribution is -2.05. The Bertz CT molecular complexity index is 580. The molecule has 0 aliphatic rings. The van der Waals surface area contributed by atoms with E-state index in [4.69, 9.17) is 10.5 Å². The summed E-state index contributed by atoms with van der Waals surface area (Å²) in [5, 5.41) is 7.61. The molecule has 108 valence electrons. The summed E-state index contributed by atoms with van der Waals surface area (Å²) in [5.74, 6) is 1.63. The molecule has 0 spiro atoms. The molecule has 0 radical (unpaired) electrons. The van der Waals surface area contributed by atoms with Gasteiger partial charge in [0.2, 0.25) is 0 Å². The molecule has 0 atom stereocenters. The highest BCUT2D eigenvalue weighted by molar-refractivity contribution is 5.60. The first kappa shape index (κ1) is 14.3. The van der Waals surface area contributed by atoms with Crippen molar-refractivity contribution in [2.24, 2.45) is 7.05 Å². The zero-order valence-electron chi connectivity index (χ0n) is 12.1. The summed E-state index contributed by atoms with van der Waals surface area (Å²) in [6.07, 6.45) is 2.76. The molecule has 7 heteroatoms. The van der Waals surface area contributed by atoms with Crippen LogP contribution in [0.5, 0.6) is 0 Å². The van der Waals surface area contributed by atoms with Crippen LogP contribution in [0.2, 0.25) is 0 Å². The zero-order valence-corrected chi connectivity index (χ0v) is 12.1. The van der Waals surface area contributed by atoms with E-state index >= 15 is 0 Å². The third kappa shape index (κ3) is 3.45. The van der Waals surface area contributed by atoms with Crippen molar-refractivity contribution >= 4 is 17.3 Å². The lowest BCUT2D eigenvalue weighted by Gasteiger charge is -2.08. The van der Waals surface area contributed by atoms with Gasteiger partial charge in [0, 0.05) is 25.9 Å². The molecule has 0 saturated heterocycles. The highest BCUT2D eigenvalue weighted by atomic mass is 16.5. The van der Waals surface area contributed by atoms with Gasteiger partial charge in [-0.1, -0.05) is 6.92 Å². The smallest absolute Gasteiger partial charge is 0.158 e. The van der Waals surface area contributed by atoms with Crippen LogP contribution in [0.4, 0.5) is 17.3 Å². The van der Waals surface area contributed by atoms with E-state index in [-0.39, 0.29) is 0 Å². The molecule has 2 aromatic heterocycles. The molecule has 0 aliphatic carbocycles. The second-order valence-electron chi connectivity index (χ2n) is 4.37. The van der Waals surface area contributed by atoms with Gasteiger partial charge in [0.1, 0.15) is 18.2 Å². The van der Waals surface area contributed by atoms with E-state index in [9.17, 15) is 0 Å². The Kier molecular flexibility index (Phi) is 4.52. The maximum atomic E-state index is 5.79. The van der Waals surface area contributed by atoms with Crippen molar-refractivity contribution in [3.8, 4) is 0 Å². The standard InChI is InChI=1S/C13H20N6O/c1-4-9-10(7-19(3)18-9)15-12-6-11(14)16-13(17-12)8-20-5-2/h6-7H,4-5,8H2,1-3H3,(H3,14,15,16,17). The minimum Gasteiger partial charge on any atom is -0.384 e. The van der Waals surface area contributed by atoms with Crippen LogP contribution < -0.4 is 11.1 Å². The molecule has 0 aromatic carbocycles. The van der Waals surface area contributed by atoms with Gasteiger partial charge >= 0.3 is 0 Å². The van der Waals surface area contributed by atoms with Gasteiger partial charge in [0.05, 0.1) is 11.4 Å². The Hall–Kier alpha value is -2.15. The Labute approximate surface area is 118 Å². The van der Waals surface area contributed by atoms with Crippen LogP contribution in [0.15, 0.2) is 12.3 Å². The molecule has 7 nitrogen and oxygen atoms in total. The van der Waals surface area contributed by atoms with Gasteiger partial charge in [-0.3, -0.25) is 4.68 Å². The largest absolute Gasteiger partial charge is 0.384 e. The Balaban J connectivity index is 2.21. The van der Waals surface area contributed by atoms with Crippen LogP contribution >= 0.6 is 0 Å². The predicted octanol–water partition coefficient (Wildman–Crippen LogP) is 1.63. The molecule has 2 rings (SSSR count). The van der Waals surface area contributed by atoms with Crippen molar-refractivity contribution in [3.63, 3.8) is 0 Å². The highest BCUT2D eigenvalue weighted by Crippen LogP contribution is 2.20. The average molecular weight is 276 g/mol. The Morgan fingerprint density at radius 3 is 2.85 bits per heavy atom. The van der Waals surface area contributed by atoms with Crippen LogP contribution in [0.25, 0.3) is 0 Å². The second kappa shape index (κ2) is 6.33. The molecular formula is C13H20N6O. The van der Waals surface area contributed by atoms with Crippen molar-refractivity contribution in [1.82, 2.24) is 19.7 Å². The van der Waals surface area contributed by atoms with Crippen LogP contribution in [-0.2, 0) is 24.8 Å². The molecular weight excluding hydrogens is 256 g/mol. The molecule has 2 heterocycles. The fourth-order valence-electron chi connectivity index (χ4n) is 1.88. The van der Waals surface area contributed by atoms with Crippen LogP contribution in [-0.4, -0.2) is 26.4 Å². The number of nitrogens with one attached hydrogen (secondary N) is 1. The molecule has 3 N–H and O–H groups in total. The SMILES string of the molecule is CCOCc1nc(N)cc(Nc2cn(C)nc2CC)n1. The topological polar surface area (TPSA) is 90.9 Å². The third-order valence-corrected chi connectivity index (χ3v) is 2.73. The lowest BCUT2D eigenvalue weighted by molar-refractivity contribution is 0.128. The Morgan fingerprint density at radius 2 is 2.15 bits per heavy atom. The van der Waals surface area contributed by atoms with E-state index in [1.807, 2.05) is 20.2 Å². The van der Waals surface area contributed by atoms with E-state index in [0.717, 1.165) is 17.8 Å². The van der Waals surface area contributed by atoms with Crippen molar-refractivity contribution in [3.05, 3.63) is 23.8 Å². The molecule has 0 saturated carbocycles. The van der Waals surface area contributed by atoms with E-state index in [0.29, 0.717) is 30.7 Å². The molecule has 0 amide bonds. The van der Waals surface area contributed by atoms with Gasteiger partial charge in [0.15, 0.2) is 5.82 Å². The van der Waals surface area contributed by atoms with E-state index in [1.54, 1.807) is 10.7 Å². The summed E-state index contributed by atoms with van der Waals surface area (Å²) in [7, 11) is 1.89. The van der Waals surface area contributed by atoms with E-state index in [1.165, 1.54) is 0 Å². The molecule has 20 heavy (non-hydrogen) atoms. The number of nitrogens with two attached hydrogens (primary N) is 1. The van der Waals surface area contributed by atoms with Crippen LogP contribution in [0.1, 0.15) is 25.4 Å². The summed E-state index contributed by atoms with van der Waals surface area (Å²) in [6, 6.07) is 1.70. The second-order valence-corrected chi connectivity index (χ2v) is 4.37. The van der Waals surface area contributed by atoms with Crippen molar-refractivity contribution < 1.29 is 4.74 Å². The first-order valence-corrected chi connectivity index (χ1v) is 6.63. The number of nitrogen functional groups attached to an aromatic ring is 1. The number of rotatable bonds is 6. The number of ether oxygens (including phenoxy) is 1. The van der Waals surface area contributed by atoms with Crippen molar-refractivity contribution in [2.75, 3.05) is 17.7 Å². The number of hydrogen-bond acceptors (Lipinski definition) is 6. The van der Waals surface area contributed by atoms with Crippen molar-refractivity contribution in [2.45, 2.75) is 26.9 Å². The monoisotopic (exact) mass is 276 g/mol. The van der Waals surface area contributed by atoms with Crippen LogP contribution in [0.3, 0.4) is 0 Å². The lowest BCUT2D eigenvalue weighted by atomic mass is 10.3. The van der Waals surface area contributed by atoms with Gasteiger partial charge in [-0.25, -0.2) is 9.97 Å². The number of hydrogen-bond donors (Lipinski definition) is 2. The maximum Gasteiger partial charge on any atom is 0.158 e. The number of aryl methyl sites for hydroxylation is 2. The van der Waals surface area contributed by atoms with Gasteiger partial charge in [-0.2, -0.15) is 5.10 Å². The van der Waals surface area contributed by atoms with Gasteiger partial charge in [-0.15, -0.1) is 0 Å². The summed E-state index contributed by atoms with van der Waals surface area (Å²) in [6.45, 7) is 4.95. The van der Waals surface area contributed by atoms with Gasteiger partial charge < -0.3 is 15.8 Å². The number of aromatic nitrogens is 4. The van der Waals surface area contributed by atoms with Gasteiger partial charge in [-0.05, 0) is 13.3 Å². The third-order valence-electron chi connectivity index (χ3n) is 2.73. The maximum absolute atomic E-state index is 5.79. The molecule has 0 unspecified atom stereocenters. The minimum absolute atomic E-state index is 0.351. The summed E-state index contributed by atoms with van der Waals surface area (Å²) >= 11 is 0. The number of nitrogens with zero attached hydrogens (tertiary/aromatic N) is 4. The van der Waals surface area contributed by atoms with E-state index in [2.05, 4.69) is 27.3 Å². The summed E-state index contributed by atoms with van der Waals surface area (Å²) < 4.78 is 7.07. The van der Waals surface area contributed by atoms with E-state index < -0.39 is 0 Å². The van der Waals surface area contributed by atoms with Crippen LogP contribution in [0, 0.1) is 0 Å².